The number of nitrogens with one attached hydrogen (secondary N) is 1. The molecule has 2 aliphatic carbocycles. The Morgan fingerprint density at radius 3 is 2.83 bits per heavy atom. The predicted octanol–water partition coefficient (Wildman–Crippen LogP) is 3.37. The molecule has 3 atom stereocenters. The average Bonchev–Trinajstić information content (AvgIpc) is 3.16. The van der Waals surface area contributed by atoms with Crippen LogP contribution in [-0.2, 0) is 20.7 Å². The lowest BCUT2D eigenvalue weighted by Crippen LogP contribution is -2.31. The number of rotatable bonds is 7. The molecule has 2 saturated carbocycles. The zero-order valence-corrected chi connectivity index (χ0v) is 14.6. The van der Waals surface area contributed by atoms with Crippen LogP contribution in [0.2, 0.25) is 5.02 Å². The van der Waals surface area contributed by atoms with Crippen molar-refractivity contribution in [2.75, 3.05) is 13.2 Å². The number of fused-ring (bicyclic) bond motifs is 2. The van der Waals surface area contributed by atoms with Crippen molar-refractivity contribution in [1.82, 2.24) is 5.32 Å². The first-order valence-electron chi connectivity index (χ1n) is 8.77. The molecule has 4 nitrogen and oxygen atoms in total. The van der Waals surface area contributed by atoms with Crippen LogP contribution in [0.25, 0.3) is 0 Å². The van der Waals surface area contributed by atoms with Gasteiger partial charge in [-0.2, -0.15) is 0 Å². The zero-order valence-electron chi connectivity index (χ0n) is 13.8. The van der Waals surface area contributed by atoms with Crippen LogP contribution in [0, 0.1) is 17.8 Å². The van der Waals surface area contributed by atoms with E-state index in [2.05, 4.69) is 5.32 Å². The second-order valence-corrected chi connectivity index (χ2v) is 7.47. The van der Waals surface area contributed by atoms with E-state index >= 15 is 0 Å². The van der Waals surface area contributed by atoms with Gasteiger partial charge in [0, 0.05) is 18.0 Å². The summed E-state index contributed by atoms with van der Waals surface area (Å²) in [5.74, 6) is 1.51. The summed E-state index contributed by atoms with van der Waals surface area (Å²) < 4.78 is 5.12. The van der Waals surface area contributed by atoms with Crippen LogP contribution < -0.4 is 5.32 Å². The SMILES string of the molecule is O=C(COC(=O)C[C@H]1C[C@H]2CC[C@@H]1C2)NCCc1cccc(Cl)c1. The minimum absolute atomic E-state index is 0.185. The third-order valence-electron chi connectivity index (χ3n) is 5.30. The van der Waals surface area contributed by atoms with Crippen molar-refractivity contribution in [2.24, 2.45) is 17.8 Å². The smallest absolute Gasteiger partial charge is 0.306 e. The largest absolute Gasteiger partial charge is 0.456 e. The molecule has 0 aromatic heterocycles. The van der Waals surface area contributed by atoms with Crippen molar-refractivity contribution >= 4 is 23.5 Å². The Bertz CT molecular complexity index is 604. The molecule has 5 heteroatoms. The summed E-state index contributed by atoms with van der Waals surface area (Å²) in [5, 5.41) is 3.46. The molecule has 0 heterocycles. The van der Waals surface area contributed by atoms with Crippen LogP contribution in [-0.4, -0.2) is 25.0 Å². The lowest BCUT2D eigenvalue weighted by molar-refractivity contribution is -0.149. The zero-order chi connectivity index (χ0) is 16.9. The van der Waals surface area contributed by atoms with Gasteiger partial charge >= 0.3 is 5.97 Å². The lowest BCUT2D eigenvalue weighted by Gasteiger charge is -2.20. The summed E-state index contributed by atoms with van der Waals surface area (Å²) in [7, 11) is 0. The van der Waals surface area contributed by atoms with Crippen LogP contribution in [0.15, 0.2) is 24.3 Å². The topological polar surface area (TPSA) is 55.4 Å². The molecule has 1 aromatic carbocycles. The van der Waals surface area contributed by atoms with Crippen molar-refractivity contribution in [2.45, 2.75) is 38.5 Å². The quantitative estimate of drug-likeness (QED) is 0.768. The number of halogens is 1. The summed E-state index contributed by atoms with van der Waals surface area (Å²) in [6.45, 7) is 0.318. The Labute approximate surface area is 147 Å². The first-order valence-corrected chi connectivity index (χ1v) is 9.14. The number of amides is 1. The van der Waals surface area contributed by atoms with Crippen molar-refractivity contribution in [3.05, 3.63) is 34.9 Å². The Hall–Kier alpha value is -1.55. The number of hydrogen-bond acceptors (Lipinski definition) is 3. The molecule has 1 amide bonds. The lowest BCUT2D eigenvalue weighted by atomic mass is 9.86. The molecule has 2 aliphatic rings. The second-order valence-electron chi connectivity index (χ2n) is 7.03. The van der Waals surface area contributed by atoms with E-state index in [1.54, 1.807) is 0 Å². The molecular weight excluding hydrogens is 326 g/mol. The van der Waals surface area contributed by atoms with E-state index in [-0.39, 0.29) is 18.5 Å². The molecule has 24 heavy (non-hydrogen) atoms. The fourth-order valence-corrected chi connectivity index (χ4v) is 4.35. The van der Waals surface area contributed by atoms with Crippen molar-refractivity contribution in [1.29, 1.82) is 0 Å². The highest BCUT2D eigenvalue weighted by Crippen LogP contribution is 2.49. The van der Waals surface area contributed by atoms with Gasteiger partial charge in [-0.05, 0) is 61.1 Å². The summed E-state index contributed by atoms with van der Waals surface area (Å²) >= 11 is 5.92. The molecule has 0 aliphatic heterocycles. The van der Waals surface area contributed by atoms with Crippen LogP contribution in [0.4, 0.5) is 0 Å². The number of benzene rings is 1. The number of ether oxygens (including phenoxy) is 1. The van der Waals surface area contributed by atoms with Crippen LogP contribution in [0.5, 0.6) is 0 Å². The second kappa shape index (κ2) is 8.02. The van der Waals surface area contributed by atoms with Crippen LogP contribution in [0.1, 0.15) is 37.7 Å². The van der Waals surface area contributed by atoms with Crippen LogP contribution >= 0.6 is 11.6 Å². The molecule has 0 spiro atoms. The fourth-order valence-electron chi connectivity index (χ4n) is 4.14. The number of carbonyl (C=O) groups is 2. The minimum Gasteiger partial charge on any atom is -0.456 e. The molecule has 3 rings (SSSR count). The summed E-state index contributed by atoms with van der Waals surface area (Å²) in [6, 6.07) is 7.55. The molecule has 1 aromatic rings. The Morgan fingerprint density at radius 1 is 1.25 bits per heavy atom. The van der Waals surface area contributed by atoms with Gasteiger partial charge in [0.05, 0.1) is 0 Å². The molecule has 130 valence electrons. The van der Waals surface area contributed by atoms with Gasteiger partial charge in [-0.1, -0.05) is 30.2 Å². The van der Waals surface area contributed by atoms with Crippen molar-refractivity contribution < 1.29 is 14.3 Å². The third kappa shape index (κ3) is 4.73. The summed E-state index contributed by atoms with van der Waals surface area (Å²) in [6.07, 6.45) is 6.19. The molecule has 0 saturated heterocycles. The Balaban J connectivity index is 1.30. The maximum Gasteiger partial charge on any atom is 0.306 e. The van der Waals surface area contributed by atoms with Gasteiger partial charge in [0.1, 0.15) is 0 Å². The van der Waals surface area contributed by atoms with E-state index in [1.165, 1.54) is 19.3 Å². The van der Waals surface area contributed by atoms with Gasteiger partial charge in [0.15, 0.2) is 6.61 Å². The van der Waals surface area contributed by atoms with E-state index in [1.807, 2.05) is 24.3 Å². The monoisotopic (exact) mass is 349 g/mol. The molecule has 1 N–H and O–H groups in total. The van der Waals surface area contributed by atoms with Gasteiger partial charge in [-0.25, -0.2) is 0 Å². The third-order valence-corrected chi connectivity index (χ3v) is 5.54. The van der Waals surface area contributed by atoms with E-state index < -0.39 is 0 Å². The predicted molar refractivity (Wildman–Crippen MR) is 92.7 cm³/mol. The van der Waals surface area contributed by atoms with Gasteiger partial charge in [-0.3, -0.25) is 9.59 Å². The van der Waals surface area contributed by atoms with E-state index in [9.17, 15) is 9.59 Å². The summed E-state index contributed by atoms with van der Waals surface area (Å²) in [5.41, 5.74) is 1.07. The number of carbonyl (C=O) groups excluding carboxylic acids is 2. The molecule has 0 unspecified atom stereocenters. The van der Waals surface area contributed by atoms with E-state index in [4.69, 9.17) is 16.3 Å². The minimum atomic E-state index is -0.252. The van der Waals surface area contributed by atoms with Gasteiger partial charge < -0.3 is 10.1 Å². The highest BCUT2D eigenvalue weighted by molar-refractivity contribution is 6.30. The normalized spacial score (nSPS) is 24.8. The standard InChI is InChI=1S/C19H24ClNO3/c20-17-3-1-2-13(10-17)6-7-21-18(22)12-24-19(23)11-16-9-14-4-5-15(16)8-14/h1-3,10,14-16H,4-9,11-12H2,(H,21,22)/t14-,15+,16+/m0/s1. The number of hydrogen-bond donors (Lipinski definition) is 1. The maximum atomic E-state index is 11.9. The van der Waals surface area contributed by atoms with Gasteiger partial charge in [0.25, 0.3) is 5.91 Å². The fraction of sp³-hybridized carbons (Fsp3) is 0.579. The van der Waals surface area contributed by atoms with Crippen molar-refractivity contribution in [3.8, 4) is 0 Å². The molecule has 2 fully saturated rings. The molecule has 2 bridgehead atoms. The first kappa shape index (κ1) is 17.3. The van der Waals surface area contributed by atoms with E-state index in [0.29, 0.717) is 36.2 Å². The Kier molecular flexibility index (Phi) is 5.77. The molecular formula is C19H24ClNO3. The van der Waals surface area contributed by atoms with Crippen LogP contribution in [0.3, 0.4) is 0 Å². The Morgan fingerprint density at radius 2 is 2.12 bits per heavy atom. The summed E-state index contributed by atoms with van der Waals surface area (Å²) in [4.78, 5) is 23.7. The highest BCUT2D eigenvalue weighted by Gasteiger charge is 2.40. The van der Waals surface area contributed by atoms with E-state index in [0.717, 1.165) is 17.9 Å². The van der Waals surface area contributed by atoms with Gasteiger partial charge in [0.2, 0.25) is 0 Å². The number of esters is 1. The maximum absolute atomic E-state index is 11.9. The van der Waals surface area contributed by atoms with Crippen molar-refractivity contribution in [3.63, 3.8) is 0 Å². The first-order chi connectivity index (χ1) is 11.6. The molecule has 0 radical (unpaired) electrons. The highest BCUT2D eigenvalue weighted by atomic mass is 35.5. The van der Waals surface area contributed by atoms with Gasteiger partial charge in [-0.15, -0.1) is 0 Å². The average molecular weight is 350 g/mol.